The highest BCUT2D eigenvalue weighted by Gasteiger charge is 2.85. The molecular formula is C34H52N8O6. The second kappa shape index (κ2) is 12.3. The van der Waals surface area contributed by atoms with E-state index in [9.17, 15) is 28.8 Å². The third-order valence-corrected chi connectivity index (χ3v) is 13.4. The third kappa shape index (κ3) is 5.52. The lowest BCUT2D eigenvalue weighted by Gasteiger charge is -2.37. The summed E-state index contributed by atoms with van der Waals surface area (Å²) < 4.78 is 0. The summed E-state index contributed by atoms with van der Waals surface area (Å²) in [6, 6.07) is -2.76. The predicted octanol–water partition coefficient (Wildman–Crippen LogP) is 0.329. The van der Waals surface area contributed by atoms with Crippen LogP contribution in [0.5, 0.6) is 0 Å². The Balaban J connectivity index is 1.17. The largest absolute Gasteiger partial charge is 0.370 e. The second-order valence-corrected chi connectivity index (χ2v) is 16.0. The highest BCUT2D eigenvalue weighted by molar-refractivity contribution is 6.37. The highest BCUT2D eigenvalue weighted by Crippen LogP contribution is 2.88. The number of nitrogens with two attached hydrogens (primary N) is 2. The van der Waals surface area contributed by atoms with Crippen LogP contribution in [0, 0.1) is 28.1 Å². The third-order valence-electron chi connectivity index (χ3n) is 13.4. The summed E-state index contributed by atoms with van der Waals surface area (Å²) in [7, 11) is 0. The molecule has 14 heteroatoms. The second-order valence-electron chi connectivity index (χ2n) is 16.0. The van der Waals surface area contributed by atoms with E-state index in [0.29, 0.717) is 19.4 Å². The topological polar surface area (TPSA) is 218 Å². The van der Waals surface area contributed by atoms with Gasteiger partial charge in [-0.05, 0) is 68.1 Å². The smallest absolute Gasteiger partial charge is 0.287 e. The van der Waals surface area contributed by atoms with Gasteiger partial charge in [-0.2, -0.15) is 0 Å². The van der Waals surface area contributed by atoms with E-state index in [1.807, 2.05) is 0 Å². The van der Waals surface area contributed by atoms with Crippen LogP contribution in [0.3, 0.4) is 0 Å². The molecule has 5 amide bonds. The van der Waals surface area contributed by atoms with Crippen molar-refractivity contribution in [1.29, 1.82) is 0 Å². The number of guanidine groups is 1. The summed E-state index contributed by atoms with van der Waals surface area (Å²) >= 11 is 0. The van der Waals surface area contributed by atoms with Crippen LogP contribution in [0.25, 0.3) is 0 Å². The van der Waals surface area contributed by atoms with Gasteiger partial charge in [0.05, 0.1) is 12.6 Å². The van der Waals surface area contributed by atoms with Gasteiger partial charge < -0.3 is 37.6 Å². The average Bonchev–Trinajstić information content (AvgIpc) is 3.22. The first-order chi connectivity index (χ1) is 22.6. The summed E-state index contributed by atoms with van der Waals surface area (Å²) in [6.07, 6.45) is 11.3. The van der Waals surface area contributed by atoms with Crippen molar-refractivity contribution in [2.45, 2.75) is 128 Å². The van der Waals surface area contributed by atoms with Crippen molar-refractivity contribution in [2.24, 2.45) is 44.5 Å². The Morgan fingerprint density at radius 2 is 1.60 bits per heavy atom. The van der Waals surface area contributed by atoms with Crippen molar-refractivity contribution in [1.82, 2.24) is 26.2 Å². The Kier molecular flexibility index (Phi) is 8.76. The summed E-state index contributed by atoms with van der Waals surface area (Å²) in [5, 5.41) is 11.2. The fraction of sp³-hybridized carbons (Fsp3) is 0.794. The minimum Gasteiger partial charge on any atom is -0.370 e. The lowest BCUT2D eigenvalue weighted by Crippen LogP contribution is -2.67. The van der Waals surface area contributed by atoms with Crippen LogP contribution in [0.4, 0.5) is 0 Å². The van der Waals surface area contributed by atoms with Gasteiger partial charge in [0.25, 0.3) is 11.8 Å². The highest BCUT2D eigenvalue weighted by atomic mass is 16.2. The normalized spacial score (nSPS) is 31.2. The summed E-state index contributed by atoms with van der Waals surface area (Å²) in [5.74, 6) is -3.47. The average molecular weight is 669 g/mol. The van der Waals surface area contributed by atoms with E-state index in [0.717, 1.165) is 70.6 Å². The first kappa shape index (κ1) is 34.2. The maximum Gasteiger partial charge on any atom is 0.287 e. The Labute approximate surface area is 281 Å². The summed E-state index contributed by atoms with van der Waals surface area (Å²) in [5.41, 5.74) is 9.41. The van der Waals surface area contributed by atoms with Crippen LogP contribution in [0.1, 0.15) is 104 Å². The number of aliphatic imine (C=N–C) groups is 1. The number of nitrogens with one attached hydrogen (secondary N) is 4. The number of hydrogen-bond acceptors (Lipinski definition) is 9. The van der Waals surface area contributed by atoms with Crippen LogP contribution in [-0.2, 0) is 28.8 Å². The molecule has 6 rings (SSSR count). The lowest BCUT2D eigenvalue weighted by atomic mass is 9.73. The first-order valence-corrected chi connectivity index (χ1v) is 17.8. The van der Waals surface area contributed by atoms with Gasteiger partial charge in [0.2, 0.25) is 29.2 Å². The number of ketones is 1. The molecule has 5 fully saturated rings. The zero-order valence-corrected chi connectivity index (χ0v) is 28.5. The summed E-state index contributed by atoms with van der Waals surface area (Å²) in [4.78, 5) is 85.1. The maximum absolute atomic E-state index is 14.0. The number of primary amides is 1. The van der Waals surface area contributed by atoms with Gasteiger partial charge in [0.15, 0.2) is 5.96 Å². The molecule has 264 valence electrons. The molecule has 48 heavy (non-hydrogen) atoms. The van der Waals surface area contributed by atoms with Crippen molar-refractivity contribution < 1.29 is 28.8 Å². The molecule has 8 N–H and O–H groups in total. The van der Waals surface area contributed by atoms with Crippen LogP contribution in [0.15, 0.2) is 4.99 Å². The van der Waals surface area contributed by atoms with Crippen LogP contribution in [0.2, 0.25) is 0 Å². The van der Waals surface area contributed by atoms with Gasteiger partial charge in [-0.15, -0.1) is 0 Å². The molecule has 0 bridgehead atoms. The number of Topliss-reactive ketones (excluding diaryl/α,β-unsaturated/α-hetero) is 1. The van der Waals surface area contributed by atoms with Crippen molar-refractivity contribution in [3.8, 4) is 0 Å². The number of carbonyl (C=O) groups excluding carboxylic acids is 6. The van der Waals surface area contributed by atoms with Crippen molar-refractivity contribution in [3.63, 3.8) is 0 Å². The van der Waals surface area contributed by atoms with E-state index >= 15 is 0 Å². The minimum atomic E-state index is -1.27. The molecule has 0 aromatic rings. The molecule has 3 unspecified atom stereocenters. The SMILES string of the molecule is CC1(C(=O)NC(C(=O)NCC(=O)N2C[C@]3(C[C@H]2C(=O)NC(CC2CCC2)C(=O)C(N)=O)C(C)(C)C32CCC2)C2CCCCC2)N=C(N)N1. The van der Waals surface area contributed by atoms with Crippen molar-refractivity contribution in [3.05, 3.63) is 0 Å². The number of carbonyl (C=O) groups is 6. The van der Waals surface area contributed by atoms with Gasteiger partial charge in [-0.1, -0.05) is 58.8 Å². The number of rotatable bonds is 12. The van der Waals surface area contributed by atoms with Gasteiger partial charge in [0, 0.05) is 12.0 Å². The number of hydrogen-bond donors (Lipinski definition) is 6. The van der Waals surface area contributed by atoms with Gasteiger partial charge in [0.1, 0.15) is 12.1 Å². The number of nitrogens with zero attached hydrogens (tertiary/aromatic N) is 2. The van der Waals surface area contributed by atoms with E-state index in [-0.39, 0.29) is 40.6 Å². The van der Waals surface area contributed by atoms with Crippen LogP contribution < -0.4 is 32.7 Å². The van der Waals surface area contributed by atoms with E-state index in [1.54, 1.807) is 11.8 Å². The van der Waals surface area contributed by atoms with Crippen molar-refractivity contribution >= 4 is 41.3 Å². The van der Waals surface area contributed by atoms with Crippen molar-refractivity contribution in [2.75, 3.05) is 13.1 Å². The predicted molar refractivity (Wildman–Crippen MR) is 175 cm³/mol. The zero-order chi connectivity index (χ0) is 34.6. The Morgan fingerprint density at radius 3 is 2.12 bits per heavy atom. The Bertz CT molecular complexity index is 1420. The van der Waals surface area contributed by atoms with Gasteiger partial charge >= 0.3 is 0 Å². The molecule has 4 saturated carbocycles. The van der Waals surface area contributed by atoms with E-state index in [4.69, 9.17) is 11.5 Å². The van der Waals surface area contributed by atoms with E-state index in [1.165, 1.54) is 0 Å². The fourth-order valence-electron chi connectivity index (χ4n) is 9.95. The fourth-order valence-corrected chi connectivity index (χ4v) is 9.95. The standard InChI is InChI=1S/C34H52N8O6/c1-31(2)33(13-8-14-33)34(31)16-22(27(46)38-21(25(44)26(35)45)15-19-9-7-10-19)42(18-34)23(43)17-37-28(47)24(20-11-5-4-6-12-20)39-29(48)32(3)40-30(36)41-32/h19-22,24H,4-18H2,1-3H3,(H2,35,45)(H,37,47)(H,38,46)(H,39,48)(H3,36,40,41)/t21?,22-,24?,34+/m0/s1. The molecule has 14 nitrogen and oxygen atoms in total. The van der Waals surface area contributed by atoms with E-state index < -0.39 is 59.1 Å². The monoisotopic (exact) mass is 668 g/mol. The number of amides is 5. The van der Waals surface area contributed by atoms with E-state index in [2.05, 4.69) is 40.1 Å². The number of fused-ring (bicyclic) bond motifs is 1. The molecular weight excluding hydrogens is 616 g/mol. The Hall–Kier alpha value is -3.71. The molecule has 5 atom stereocenters. The van der Waals surface area contributed by atoms with Crippen LogP contribution >= 0.6 is 0 Å². The molecule has 2 aliphatic heterocycles. The molecule has 0 radical (unpaired) electrons. The molecule has 2 spiro atoms. The first-order valence-electron chi connectivity index (χ1n) is 17.8. The summed E-state index contributed by atoms with van der Waals surface area (Å²) in [6.45, 7) is 6.01. The molecule has 6 aliphatic rings. The molecule has 0 aromatic carbocycles. The molecule has 4 aliphatic carbocycles. The van der Waals surface area contributed by atoms with Crippen LogP contribution in [-0.4, -0.2) is 83.1 Å². The zero-order valence-electron chi connectivity index (χ0n) is 28.5. The lowest BCUT2D eigenvalue weighted by molar-refractivity contribution is -0.142. The maximum atomic E-state index is 14.0. The molecule has 0 aromatic heterocycles. The van der Waals surface area contributed by atoms with Gasteiger partial charge in [-0.3, -0.25) is 28.8 Å². The Morgan fingerprint density at radius 1 is 0.938 bits per heavy atom. The quantitative estimate of drug-likeness (QED) is 0.159. The molecule has 2 heterocycles. The molecule has 1 saturated heterocycles. The number of likely N-dealkylation sites (tertiary alicyclic amines) is 1. The van der Waals surface area contributed by atoms with Gasteiger partial charge in [-0.25, -0.2) is 4.99 Å². The minimum absolute atomic E-state index is 0.0408.